The average Bonchev–Trinajstić information content (AvgIpc) is 2.63. The highest BCUT2D eigenvalue weighted by atomic mass is 32.2. The molecule has 0 bridgehead atoms. The van der Waals surface area contributed by atoms with E-state index in [9.17, 15) is 23.1 Å². The number of amides is 1. The van der Waals surface area contributed by atoms with Gasteiger partial charge in [0.25, 0.3) is 0 Å². The number of hydrogen-bond donors (Lipinski definition) is 5. The van der Waals surface area contributed by atoms with Crippen LogP contribution in [0.4, 0.5) is 22.7 Å². The molecule has 2 aromatic carbocycles. The van der Waals surface area contributed by atoms with Gasteiger partial charge in [0.1, 0.15) is 4.90 Å². The third-order valence-electron chi connectivity index (χ3n) is 3.78. The first-order valence-electron chi connectivity index (χ1n) is 8.55. The Balaban J connectivity index is 2.54. The maximum absolute atomic E-state index is 12.1. The van der Waals surface area contributed by atoms with Crippen molar-refractivity contribution >= 4 is 44.6 Å². The number of nitrogens with two attached hydrogens (primary N) is 1. The smallest absolute Gasteiger partial charge is 0.335 e. The zero-order valence-electron chi connectivity index (χ0n) is 15.9. The molecule has 0 unspecified atom stereocenters. The van der Waals surface area contributed by atoms with Crippen molar-refractivity contribution in [3.05, 3.63) is 54.1 Å². The number of sulfonamides is 1. The largest absolute Gasteiger partial charge is 0.478 e. The van der Waals surface area contributed by atoms with Crippen LogP contribution in [0.15, 0.2) is 53.4 Å². The summed E-state index contributed by atoms with van der Waals surface area (Å²) in [5.74, 6) is -1.50. The molecule has 0 fully saturated rings. The van der Waals surface area contributed by atoms with Gasteiger partial charge in [0.15, 0.2) is 0 Å². The van der Waals surface area contributed by atoms with Gasteiger partial charge in [0, 0.05) is 24.8 Å². The molecule has 0 atom stereocenters. The Kier molecular flexibility index (Phi) is 6.97. The summed E-state index contributed by atoms with van der Waals surface area (Å²) in [6.07, 6.45) is 3.58. The summed E-state index contributed by atoms with van der Waals surface area (Å²) in [7, 11) is -4.23. The van der Waals surface area contributed by atoms with E-state index < -0.39 is 16.0 Å². The zero-order chi connectivity index (χ0) is 21.6. The number of nitrogens with one attached hydrogen (secondary N) is 3. The van der Waals surface area contributed by atoms with Crippen molar-refractivity contribution in [1.82, 2.24) is 0 Å². The van der Waals surface area contributed by atoms with Gasteiger partial charge in [0.05, 0.1) is 16.9 Å². The van der Waals surface area contributed by atoms with Crippen LogP contribution in [0.2, 0.25) is 0 Å². The van der Waals surface area contributed by atoms with E-state index in [0.717, 1.165) is 6.07 Å². The minimum absolute atomic E-state index is 0.120. The van der Waals surface area contributed by atoms with E-state index in [0.29, 0.717) is 17.9 Å². The van der Waals surface area contributed by atoms with Crippen LogP contribution in [-0.4, -0.2) is 31.9 Å². The Morgan fingerprint density at radius 3 is 2.28 bits per heavy atom. The molecule has 6 N–H and O–H groups in total. The number of carbonyl (C=O) groups excluding carboxylic acids is 1. The fourth-order valence-corrected chi connectivity index (χ4v) is 3.24. The van der Waals surface area contributed by atoms with Gasteiger partial charge in [-0.2, -0.15) is 0 Å². The predicted octanol–water partition coefficient (Wildman–Crippen LogP) is 2.72. The summed E-state index contributed by atoms with van der Waals surface area (Å²) in [5, 5.41) is 23.2. The summed E-state index contributed by atoms with van der Waals surface area (Å²) in [4.78, 5) is 22.2. The number of rotatable bonds is 8. The second-order valence-corrected chi connectivity index (χ2v) is 7.61. The Morgan fingerprint density at radius 1 is 1.14 bits per heavy atom. The van der Waals surface area contributed by atoms with E-state index in [-0.39, 0.29) is 27.7 Å². The van der Waals surface area contributed by atoms with E-state index in [1.807, 2.05) is 6.92 Å². The standard InChI is InChI=1S/C19H22N4O5S/c1-3-4-9-21-16-10-13(19(25)26)11-17(29(20,27)28)18(16)23-15-7-5-14(6-8-15)22-12(2)24/h3-8,10-11,21,23H,9H2,1-2H3,(H,22,24)(H,25,26)(H2,20,27,28)/b4-3+. The molecule has 0 heterocycles. The van der Waals surface area contributed by atoms with Crippen LogP contribution in [0.1, 0.15) is 24.2 Å². The molecule has 2 aromatic rings. The number of carboxylic acid groups (broad SMARTS) is 1. The van der Waals surface area contributed by atoms with Gasteiger partial charge in [-0.05, 0) is 43.3 Å². The highest BCUT2D eigenvalue weighted by Gasteiger charge is 2.21. The SMILES string of the molecule is C/C=C/CNc1cc(C(=O)O)cc(S(N)(=O)=O)c1Nc1ccc(NC(C)=O)cc1. The van der Waals surface area contributed by atoms with Crippen LogP contribution in [-0.2, 0) is 14.8 Å². The molecule has 10 heteroatoms. The topological polar surface area (TPSA) is 151 Å². The number of carbonyl (C=O) groups is 2. The molecule has 0 saturated carbocycles. The van der Waals surface area contributed by atoms with Gasteiger partial charge >= 0.3 is 5.97 Å². The molecule has 0 radical (unpaired) electrons. The maximum atomic E-state index is 12.1. The number of allylic oxidation sites excluding steroid dienone is 1. The van der Waals surface area contributed by atoms with E-state index >= 15 is 0 Å². The van der Waals surface area contributed by atoms with Gasteiger partial charge in [-0.15, -0.1) is 0 Å². The monoisotopic (exact) mass is 418 g/mol. The summed E-state index contributed by atoms with van der Waals surface area (Å²) in [5.41, 5.74) is 1.25. The highest BCUT2D eigenvalue weighted by molar-refractivity contribution is 7.89. The van der Waals surface area contributed by atoms with Gasteiger partial charge < -0.3 is 21.1 Å². The Labute approximate surface area is 168 Å². The molecule has 0 aliphatic heterocycles. The summed E-state index contributed by atoms with van der Waals surface area (Å²) < 4.78 is 24.3. The molecule has 2 rings (SSSR count). The highest BCUT2D eigenvalue weighted by Crippen LogP contribution is 2.34. The molecule has 9 nitrogen and oxygen atoms in total. The van der Waals surface area contributed by atoms with Crippen molar-refractivity contribution in [2.45, 2.75) is 18.7 Å². The summed E-state index contributed by atoms with van der Waals surface area (Å²) in [6.45, 7) is 3.55. The third kappa shape index (κ3) is 6.06. The van der Waals surface area contributed by atoms with Crippen molar-refractivity contribution < 1.29 is 23.1 Å². The number of carboxylic acids is 1. The van der Waals surface area contributed by atoms with E-state index in [1.54, 1.807) is 36.4 Å². The minimum atomic E-state index is -4.23. The lowest BCUT2D eigenvalue weighted by atomic mass is 10.1. The second kappa shape index (κ2) is 9.22. The van der Waals surface area contributed by atoms with Crippen LogP contribution < -0.4 is 21.1 Å². The van der Waals surface area contributed by atoms with Crippen molar-refractivity contribution in [2.75, 3.05) is 22.5 Å². The predicted molar refractivity (Wildman–Crippen MR) is 112 cm³/mol. The molecule has 154 valence electrons. The van der Waals surface area contributed by atoms with Crippen LogP contribution in [0.3, 0.4) is 0 Å². The van der Waals surface area contributed by atoms with Gasteiger partial charge in [-0.1, -0.05) is 12.2 Å². The third-order valence-corrected chi connectivity index (χ3v) is 4.71. The number of primary sulfonamides is 1. The quantitative estimate of drug-likeness (QED) is 0.413. The number of aromatic carboxylic acids is 1. The van der Waals surface area contributed by atoms with Crippen LogP contribution in [0.25, 0.3) is 0 Å². The normalized spacial score (nSPS) is 11.3. The Hall–Kier alpha value is -3.37. The van der Waals surface area contributed by atoms with Gasteiger partial charge in [0.2, 0.25) is 15.9 Å². The number of hydrogen-bond acceptors (Lipinski definition) is 6. The van der Waals surface area contributed by atoms with Gasteiger partial charge in [-0.25, -0.2) is 18.4 Å². The molecule has 0 aliphatic carbocycles. The molecule has 0 aliphatic rings. The van der Waals surface area contributed by atoms with Crippen LogP contribution >= 0.6 is 0 Å². The number of anilines is 4. The summed E-state index contributed by atoms with van der Waals surface area (Å²) in [6, 6.07) is 8.89. The first-order chi connectivity index (χ1) is 13.6. The molecule has 0 saturated heterocycles. The van der Waals surface area contributed by atoms with Crippen LogP contribution in [0, 0.1) is 0 Å². The molecular weight excluding hydrogens is 396 g/mol. The first-order valence-corrected chi connectivity index (χ1v) is 10.1. The van der Waals surface area contributed by atoms with Crippen molar-refractivity contribution in [3.8, 4) is 0 Å². The lowest BCUT2D eigenvalue weighted by molar-refractivity contribution is -0.114. The fourth-order valence-electron chi connectivity index (χ4n) is 2.50. The molecule has 1 amide bonds. The van der Waals surface area contributed by atoms with Gasteiger partial charge in [-0.3, -0.25) is 4.79 Å². The lowest BCUT2D eigenvalue weighted by Gasteiger charge is -2.18. The molecule has 0 spiro atoms. The molecule has 0 aromatic heterocycles. The second-order valence-electron chi connectivity index (χ2n) is 6.08. The Bertz CT molecular complexity index is 1050. The van der Waals surface area contributed by atoms with Crippen molar-refractivity contribution in [2.24, 2.45) is 5.14 Å². The average molecular weight is 418 g/mol. The van der Waals surface area contributed by atoms with E-state index in [2.05, 4.69) is 16.0 Å². The van der Waals surface area contributed by atoms with E-state index in [1.165, 1.54) is 13.0 Å². The molecule has 29 heavy (non-hydrogen) atoms. The van der Waals surface area contributed by atoms with Crippen LogP contribution in [0.5, 0.6) is 0 Å². The van der Waals surface area contributed by atoms with E-state index in [4.69, 9.17) is 5.14 Å². The molecular formula is C19H22N4O5S. The summed E-state index contributed by atoms with van der Waals surface area (Å²) >= 11 is 0. The Morgan fingerprint density at radius 2 is 1.76 bits per heavy atom. The minimum Gasteiger partial charge on any atom is -0.478 e. The zero-order valence-corrected chi connectivity index (χ0v) is 16.7. The van der Waals surface area contributed by atoms with Crippen molar-refractivity contribution in [3.63, 3.8) is 0 Å². The number of benzene rings is 2. The van der Waals surface area contributed by atoms with Crippen molar-refractivity contribution in [1.29, 1.82) is 0 Å². The fraction of sp³-hybridized carbons (Fsp3) is 0.158. The first kappa shape index (κ1) is 21.9. The maximum Gasteiger partial charge on any atom is 0.335 e. The lowest BCUT2D eigenvalue weighted by Crippen LogP contribution is -2.17.